The van der Waals surface area contributed by atoms with Crippen molar-refractivity contribution in [2.75, 3.05) is 13.2 Å². The minimum Gasteiger partial charge on any atom is -0.348 e. The Bertz CT molecular complexity index is 472. The first kappa shape index (κ1) is 16.9. The second-order valence-corrected chi connectivity index (χ2v) is 7.37. The molecule has 1 unspecified atom stereocenters. The quantitative estimate of drug-likeness (QED) is 0.861. The third kappa shape index (κ3) is 3.78. The van der Waals surface area contributed by atoms with E-state index in [1.807, 2.05) is 0 Å². The minimum absolute atomic E-state index is 0.218. The number of hydrogen-bond acceptors (Lipinski definition) is 3. The summed E-state index contributed by atoms with van der Waals surface area (Å²) in [6, 6.07) is 10.9. The first-order valence-electron chi connectivity index (χ1n) is 9.25. The van der Waals surface area contributed by atoms with E-state index in [9.17, 15) is 0 Å². The van der Waals surface area contributed by atoms with E-state index < -0.39 is 0 Å². The van der Waals surface area contributed by atoms with Crippen LogP contribution in [0.3, 0.4) is 0 Å². The van der Waals surface area contributed by atoms with Crippen molar-refractivity contribution in [3.8, 4) is 0 Å². The molecule has 3 nitrogen and oxygen atoms in total. The molecule has 2 aliphatic rings. The fourth-order valence-corrected chi connectivity index (χ4v) is 4.33. The van der Waals surface area contributed by atoms with Gasteiger partial charge in [0.2, 0.25) is 0 Å². The normalized spacial score (nSPS) is 23.9. The van der Waals surface area contributed by atoms with E-state index in [0.717, 1.165) is 45.3 Å². The molecule has 3 rings (SSSR count). The number of rotatable bonds is 6. The molecule has 1 aliphatic carbocycles. The lowest BCUT2D eigenvalue weighted by Crippen LogP contribution is -2.49. The zero-order valence-corrected chi connectivity index (χ0v) is 14.4. The Kier molecular flexibility index (Phi) is 5.40. The van der Waals surface area contributed by atoms with Gasteiger partial charge in [0.15, 0.2) is 5.79 Å². The van der Waals surface area contributed by atoms with Crippen molar-refractivity contribution in [2.45, 2.75) is 70.1 Å². The SMILES string of the molecule is CCCCC1(C(N)Cc2ccccc2)CCC2(CC1)OCCO2. The summed E-state index contributed by atoms with van der Waals surface area (Å²) in [5.74, 6) is -0.290. The zero-order valence-electron chi connectivity index (χ0n) is 14.4. The Morgan fingerprint density at radius 3 is 2.30 bits per heavy atom. The summed E-state index contributed by atoms with van der Waals surface area (Å²) in [5.41, 5.74) is 8.36. The lowest BCUT2D eigenvalue weighted by Gasteiger charge is -2.47. The van der Waals surface area contributed by atoms with E-state index in [2.05, 4.69) is 37.3 Å². The average molecular weight is 317 g/mol. The van der Waals surface area contributed by atoms with E-state index in [1.54, 1.807) is 0 Å². The van der Waals surface area contributed by atoms with E-state index >= 15 is 0 Å². The third-order valence-corrected chi connectivity index (χ3v) is 5.93. The van der Waals surface area contributed by atoms with Crippen LogP contribution in [-0.2, 0) is 15.9 Å². The van der Waals surface area contributed by atoms with Gasteiger partial charge in [-0.1, -0.05) is 50.1 Å². The summed E-state index contributed by atoms with van der Waals surface area (Å²) in [6.45, 7) is 3.76. The highest BCUT2D eigenvalue weighted by Gasteiger charge is 2.48. The molecule has 1 atom stereocenters. The van der Waals surface area contributed by atoms with Gasteiger partial charge in [-0.25, -0.2) is 0 Å². The Balaban J connectivity index is 1.69. The van der Waals surface area contributed by atoms with Crippen molar-refractivity contribution in [2.24, 2.45) is 11.1 Å². The molecule has 128 valence electrons. The molecule has 1 saturated carbocycles. The van der Waals surface area contributed by atoms with E-state index in [-0.39, 0.29) is 17.2 Å². The maximum Gasteiger partial charge on any atom is 0.168 e. The number of benzene rings is 1. The van der Waals surface area contributed by atoms with E-state index in [0.29, 0.717) is 0 Å². The van der Waals surface area contributed by atoms with Gasteiger partial charge in [0.05, 0.1) is 13.2 Å². The van der Waals surface area contributed by atoms with Crippen molar-refractivity contribution < 1.29 is 9.47 Å². The molecule has 2 N–H and O–H groups in total. The van der Waals surface area contributed by atoms with Crippen LogP contribution in [-0.4, -0.2) is 25.0 Å². The Morgan fingerprint density at radius 1 is 1.04 bits per heavy atom. The maximum absolute atomic E-state index is 6.76. The lowest BCUT2D eigenvalue weighted by atomic mass is 9.64. The van der Waals surface area contributed by atoms with Crippen LogP contribution in [0.15, 0.2) is 30.3 Å². The molecular weight excluding hydrogens is 286 g/mol. The van der Waals surface area contributed by atoms with Gasteiger partial charge in [-0.05, 0) is 36.7 Å². The van der Waals surface area contributed by atoms with Crippen LogP contribution < -0.4 is 5.73 Å². The topological polar surface area (TPSA) is 44.5 Å². The van der Waals surface area contributed by atoms with Gasteiger partial charge in [-0.2, -0.15) is 0 Å². The summed E-state index contributed by atoms with van der Waals surface area (Å²) in [6.07, 6.45) is 8.95. The van der Waals surface area contributed by atoms with Crippen LogP contribution in [0.4, 0.5) is 0 Å². The molecule has 1 aromatic rings. The first-order valence-corrected chi connectivity index (χ1v) is 9.25. The highest BCUT2D eigenvalue weighted by molar-refractivity contribution is 5.17. The molecule has 1 spiro atoms. The van der Waals surface area contributed by atoms with Crippen LogP contribution in [0.1, 0.15) is 57.4 Å². The highest BCUT2D eigenvalue weighted by Crippen LogP contribution is 2.49. The maximum atomic E-state index is 6.76. The van der Waals surface area contributed by atoms with Crippen LogP contribution in [0, 0.1) is 5.41 Å². The molecule has 2 fully saturated rings. The van der Waals surface area contributed by atoms with Crippen molar-refractivity contribution >= 4 is 0 Å². The predicted octanol–water partition coefficient (Wildman–Crippen LogP) is 4.05. The summed E-state index contributed by atoms with van der Waals surface area (Å²) in [7, 11) is 0. The second kappa shape index (κ2) is 7.33. The standard InChI is InChI=1S/C20H31NO2/c1-2-3-9-19(18(21)16-17-7-5-4-6-8-17)10-12-20(13-11-19)22-14-15-23-20/h4-8,18H,2-3,9-16,21H2,1H3. The van der Waals surface area contributed by atoms with Crippen molar-refractivity contribution in [1.82, 2.24) is 0 Å². The molecule has 0 amide bonds. The average Bonchev–Trinajstić information content (AvgIpc) is 3.04. The fourth-order valence-electron chi connectivity index (χ4n) is 4.33. The largest absolute Gasteiger partial charge is 0.348 e. The highest BCUT2D eigenvalue weighted by atomic mass is 16.7. The molecule has 1 heterocycles. The number of ether oxygens (including phenoxy) is 2. The molecular formula is C20H31NO2. The van der Waals surface area contributed by atoms with Crippen molar-refractivity contribution in [3.63, 3.8) is 0 Å². The Morgan fingerprint density at radius 2 is 1.70 bits per heavy atom. The van der Waals surface area contributed by atoms with Gasteiger partial charge < -0.3 is 15.2 Å². The number of hydrogen-bond donors (Lipinski definition) is 1. The van der Waals surface area contributed by atoms with Gasteiger partial charge in [-0.3, -0.25) is 0 Å². The molecule has 23 heavy (non-hydrogen) atoms. The summed E-state index contributed by atoms with van der Waals surface area (Å²) in [4.78, 5) is 0. The van der Waals surface area contributed by atoms with Gasteiger partial charge in [0.25, 0.3) is 0 Å². The summed E-state index contributed by atoms with van der Waals surface area (Å²) in [5, 5.41) is 0. The van der Waals surface area contributed by atoms with Gasteiger partial charge in [0, 0.05) is 18.9 Å². The Labute approximate surface area is 140 Å². The second-order valence-electron chi connectivity index (χ2n) is 7.37. The van der Waals surface area contributed by atoms with E-state index in [4.69, 9.17) is 15.2 Å². The van der Waals surface area contributed by atoms with Gasteiger partial charge in [0.1, 0.15) is 0 Å². The number of nitrogens with two attached hydrogens (primary N) is 1. The molecule has 0 radical (unpaired) electrons. The molecule has 3 heteroatoms. The molecule has 1 aromatic carbocycles. The minimum atomic E-state index is -0.290. The summed E-state index contributed by atoms with van der Waals surface area (Å²) < 4.78 is 11.8. The molecule has 0 aromatic heterocycles. The zero-order chi connectivity index (χ0) is 16.2. The van der Waals surface area contributed by atoms with Crippen LogP contribution in [0.25, 0.3) is 0 Å². The summed E-state index contributed by atoms with van der Waals surface area (Å²) >= 11 is 0. The monoisotopic (exact) mass is 317 g/mol. The smallest absolute Gasteiger partial charge is 0.168 e. The van der Waals surface area contributed by atoms with Crippen LogP contribution in [0.2, 0.25) is 0 Å². The van der Waals surface area contributed by atoms with Crippen molar-refractivity contribution in [3.05, 3.63) is 35.9 Å². The predicted molar refractivity (Wildman–Crippen MR) is 93.2 cm³/mol. The molecule has 0 bridgehead atoms. The third-order valence-electron chi connectivity index (χ3n) is 5.93. The fraction of sp³-hybridized carbons (Fsp3) is 0.700. The molecule has 1 saturated heterocycles. The van der Waals surface area contributed by atoms with Gasteiger partial charge in [-0.15, -0.1) is 0 Å². The molecule has 1 aliphatic heterocycles. The number of unbranched alkanes of at least 4 members (excludes halogenated alkanes) is 1. The van der Waals surface area contributed by atoms with Crippen LogP contribution >= 0.6 is 0 Å². The van der Waals surface area contributed by atoms with Crippen LogP contribution in [0.5, 0.6) is 0 Å². The van der Waals surface area contributed by atoms with Crippen molar-refractivity contribution in [1.29, 1.82) is 0 Å². The van der Waals surface area contributed by atoms with Gasteiger partial charge >= 0.3 is 0 Å². The lowest BCUT2D eigenvalue weighted by molar-refractivity contribution is -0.194. The Hall–Kier alpha value is -0.900. The van der Waals surface area contributed by atoms with E-state index in [1.165, 1.54) is 24.8 Å². The first-order chi connectivity index (χ1) is 11.2.